The smallest absolute Gasteiger partial charge is 0.463 e. The summed E-state index contributed by atoms with van der Waals surface area (Å²) in [6, 6.07) is 0. The minimum atomic E-state index is -4.95. The number of carbonyl (C=O) groups excluding carboxylic acids is 3. The second-order valence-electron chi connectivity index (χ2n) is 27.9. The summed E-state index contributed by atoms with van der Waals surface area (Å²) in [6.45, 7) is 2.41. The molecule has 0 spiro atoms. The molecule has 5 atom stereocenters. The first-order valence-electron chi connectivity index (χ1n) is 42.4. The van der Waals surface area contributed by atoms with Crippen molar-refractivity contribution in [3.8, 4) is 0 Å². The third kappa shape index (κ3) is 83.7. The molecule has 0 saturated carbocycles. The summed E-state index contributed by atoms with van der Waals surface area (Å²) in [5.74, 6) is -1.60. The fourth-order valence-electron chi connectivity index (χ4n) is 11.0. The molecular weight excluding hydrogens is 1410 g/mol. The van der Waals surface area contributed by atoms with Crippen molar-refractivity contribution in [2.24, 2.45) is 0 Å². The van der Waals surface area contributed by atoms with E-state index >= 15 is 0 Å². The lowest BCUT2D eigenvalue weighted by Crippen LogP contribution is -2.30. The molecule has 16 nitrogen and oxygen atoms in total. The molecule has 0 saturated heterocycles. The van der Waals surface area contributed by atoms with Crippen molar-refractivity contribution in [2.75, 3.05) is 39.6 Å². The molecule has 0 radical (unpaired) electrons. The molecule has 4 N–H and O–H groups in total. The normalized spacial score (nSPS) is 14.7. The van der Waals surface area contributed by atoms with Crippen molar-refractivity contribution in [1.82, 2.24) is 0 Å². The van der Waals surface area contributed by atoms with Gasteiger partial charge in [-0.3, -0.25) is 32.5 Å². The van der Waals surface area contributed by atoms with Crippen LogP contribution in [0.5, 0.6) is 0 Å². The molecule has 0 aliphatic heterocycles. The van der Waals surface area contributed by atoms with Crippen molar-refractivity contribution in [3.63, 3.8) is 0 Å². The molecular formula is C91H152O16P2. The number of allylic oxidation sites excluding steroid dienone is 28. The second-order valence-corrected chi connectivity index (χ2v) is 30.8. The first-order valence-corrected chi connectivity index (χ1v) is 45.4. The third-order valence-corrected chi connectivity index (χ3v) is 19.3. The van der Waals surface area contributed by atoms with Gasteiger partial charge in [0.1, 0.15) is 25.4 Å². The van der Waals surface area contributed by atoms with Gasteiger partial charge in [0, 0.05) is 19.3 Å². The summed E-state index contributed by atoms with van der Waals surface area (Å²) in [6.07, 6.45) is 105. The highest BCUT2D eigenvalue weighted by Crippen LogP contribution is 2.45. The van der Waals surface area contributed by atoms with Crippen LogP contribution >= 0.6 is 15.6 Å². The first-order chi connectivity index (χ1) is 53.2. The molecule has 109 heavy (non-hydrogen) atoms. The number of aliphatic hydroxyl groups is 2. The number of hydrogen-bond donors (Lipinski definition) is 4. The summed E-state index contributed by atoms with van der Waals surface area (Å²) in [7, 11) is -9.81. The summed E-state index contributed by atoms with van der Waals surface area (Å²) in [5, 5.41) is 20.7. The van der Waals surface area contributed by atoms with Crippen LogP contribution in [0.3, 0.4) is 0 Å². The molecule has 5 unspecified atom stereocenters. The topological polar surface area (TPSA) is 231 Å². The number of carbonyl (C=O) groups is 3. The van der Waals surface area contributed by atoms with E-state index in [0.29, 0.717) is 19.3 Å². The van der Waals surface area contributed by atoms with Gasteiger partial charge in [-0.15, -0.1) is 0 Å². The summed E-state index contributed by atoms with van der Waals surface area (Å²) in [4.78, 5) is 58.9. The number of rotatable bonds is 79. The predicted octanol–water partition coefficient (Wildman–Crippen LogP) is 25.5. The fourth-order valence-corrected chi connectivity index (χ4v) is 12.6. The Bertz CT molecular complexity index is 2660. The van der Waals surface area contributed by atoms with Crippen LogP contribution in [-0.2, 0) is 55.8 Å². The van der Waals surface area contributed by atoms with E-state index in [9.17, 15) is 43.5 Å². The van der Waals surface area contributed by atoms with Crippen LogP contribution in [0.1, 0.15) is 329 Å². The van der Waals surface area contributed by atoms with Crippen LogP contribution in [0.2, 0.25) is 0 Å². The molecule has 0 fully saturated rings. The van der Waals surface area contributed by atoms with E-state index in [2.05, 4.69) is 191 Å². The number of unbranched alkanes of at least 4 members (excludes halogenated alkanes) is 28. The lowest BCUT2D eigenvalue weighted by Gasteiger charge is -2.21. The highest BCUT2D eigenvalue weighted by atomic mass is 31.2. The highest BCUT2D eigenvalue weighted by molar-refractivity contribution is 7.47. The van der Waals surface area contributed by atoms with Gasteiger partial charge in [0.2, 0.25) is 0 Å². The van der Waals surface area contributed by atoms with Crippen LogP contribution < -0.4 is 0 Å². The second kappa shape index (κ2) is 82.4. The number of ether oxygens (including phenoxy) is 3. The van der Waals surface area contributed by atoms with Crippen LogP contribution in [0, 0.1) is 0 Å². The Morgan fingerprint density at radius 3 is 0.771 bits per heavy atom. The quantitative estimate of drug-likeness (QED) is 0.0146. The zero-order valence-electron chi connectivity index (χ0n) is 68.2. The minimum absolute atomic E-state index is 0.0839. The van der Waals surface area contributed by atoms with E-state index in [1.54, 1.807) is 0 Å². The monoisotopic (exact) mass is 1560 g/mol. The highest BCUT2D eigenvalue weighted by Gasteiger charge is 2.29. The van der Waals surface area contributed by atoms with E-state index in [1.165, 1.54) is 77.0 Å². The average molecular weight is 1560 g/mol. The molecule has 622 valence electrons. The lowest BCUT2D eigenvalue weighted by molar-refractivity contribution is -0.161. The molecule has 0 heterocycles. The fraction of sp³-hybridized carbons (Fsp3) is 0.659. The molecule has 0 aliphatic rings. The first kappa shape index (κ1) is 104. The van der Waals surface area contributed by atoms with E-state index in [0.717, 1.165) is 193 Å². The van der Waals surface area contributed by atoms with E-state index in [1.807, 2.05) is 0 Å². The zero-order chi connectivity index (χ0) is 79.4. The molecule has 0 aromatic carbocycles. The van der Waals surface area contributed by atoms with Gasteiger partial charge < -0.3 is 34.2 Å². The Morgan fingerprint density at radius 1 is 0.266 bits per heavy atom. The van der Waals surface area contributed by atoms with Crippen molar-refractivity contribution < 1.29 is 75.8 Å². The van der Waals surface area contributed by atoms with Gasteiger partial charge in [-0.1, -0.05) is 326 Å². The number of hydrogen-bond acceptors (Lipinski definition) is 14. The van der Waals surface area contributed by atoms with Crippen LogP contribution in [-0.4, -0.2) is 95.9 Å². The molecule has 0 rings (SSSR count). The van der Waals surface area contributed by atoms with E-state index in [4.69, 9.17) is 32.3 Å². The summed E-state index contributed by atoms with van der Waals surface area (Å²) < 4.78 is 61.3. The van der Waals surface area contributed by atoms with E-state index < -0.39 is 91.5 Å². The van der Waals surface area contributed by atoms with Crippen LogP contribution in [0.15, 0.2) is 170 Å². The van der Waals surface area contributed by atoms with Gasteiger partial charge in [-0.2, -0.15) is 0 Å². The van der Waals surface area contributed by atoms with Gasteiger partial charge in [-0.25, -0.2) is 9.13 Å². The molecule has 18 heteroatoms. The maximum Gasteiger partial charge on any atom is 0.472 e. The number of phosphoric acid groups is 2. The number of aliphatic hydroxyl groups excluding tert-OH is 2. The Kier molecular flexibility index (Phi) is 78.5. The maximum atomic E-state index is 13.0. The Morgan fingerprint density at radius 2 is 0.486 bits per heavy atom. The number of phosphoric ester groups is 2. The average Bonchev–Trinajstić information content (AvgIpc) is 0.902. The summed E-state index contributed by atoms with van der Waals surface area (Å²) >= 11 is 0. The van der Waals surface area contributed by atoms with Crippen molar-refractivity contribution in [2.45, 2.75) is 347 Å². The molecule has 0 amide bonds. The van der Waals surface area contributed by atoms with E-state index in [-0.39, 0.29) is 19.3 Å². The van der Waals surface area contributed by atoms with Gasteiger partial charge in [0.15, 0.2) is 6.10 Å². The molecule has 0 aliphatic carbocycles. The predicted molar refractivity (Wildman–Crippen MR) is 454 cm³/mol. The summed E-state index contributed by atoms with van der Waals surface area (Å²) in [5.41, 5.74) is 0. The van der Waals surface area contributed by atoms with Gasteiger partial charge in [0.05, 0.1) is 26.4 Å². The Balaban J connectivity index is 4.63. The number of esters is 3. The van der Waals surface area contributed by atoms with Gasteiger partial charge >= 0.3 is 33.6 Å². The van der Waals surface area contributed by atoms with Gasteiger partial charge in [-0.05, 0) is 154 Å². The van der Waals surface area contributed by atoms with Crippen molar-refractivity contribution in [1.29, 1.82) is 0 Å². The van der Waals surface area contributed by atoms with Crippen LogP contribution in [0.4, 0.5) is 0 Å². The molecule has 0 aromatic heterocycles. The van der Waals surface area contributed by atoms with Gasteiger partial charge in [0.25, 0.3) is 0 Å². The molecule has 0 aromatic rings. The molecule has 0 bridgehead atoms. The SMILES string of the molecule is CC/C=C\C/C=C\C/C=C\C/C=C\C/C=C\C/C=C\CCCCCCCCCCCCC(=O)OCC(O)COP(=O)(O)OCC(O)COP(=O)(O)OCC(COC(=O)CCCCCCCCCCC/C=C\C/C=C\C/C=C\C/C=C\C/C=C\CC)OC(=O)CCCCCCCC/C=C\C/C=C\C/C=C\CCCCC. The largest absolute Gasteiger partial charge is 0.472 e. The lowest BCUT2D eigenvalue weighted by atomic mass is 10.1. The van der Waals surface area contributed by atoms with Crippen LogP contribution in [0.25, 0.3) is 0 Å². The maximum absolute atomic E-state index is 13.0. The Hall–Kier alpha value is -5.09. The van der Waals surface area contributed by atoms with Crippen molar-refractivity contribution >= 4 is 33.6 Å². The minimum Gasteiger partial charge on any atom is -0.463 e. The zero-order valence-corrected chi connectivity index (χ0v) is 70.0. The van der Waals surface area contributed by atoms with Crippen molar-refractivity contribution in [3.05, 3.63) is 170 Å². The third-order valence-electron chi connectivity index (χ3n) is 17.4. The Labute approximate surface area is 662 Å². The standard InChI is InChI=1S/C91H152O16P2/c1-4-7-10-13-16-19-22-25-28-31-34-36-38-40-41-42-43-45-47-48-51-53-56-59-62-65-68-71-74-77-89(94)101-80-86(92)81-103-108(97,98)104-82-87(93)83-105-109(99,100)106-85-88(107-91(96)79-76-73-70-67-64-61-58-55-50-33-30-27-24-21-18-15-12-9-6-3)84-102-90(95)78-75-72-69-66-63-60-57-54-52-49-46-44-39-37-35-32-29-26-23-20-17-14-11-8-5-2/h7-8,10-11,16-21,25-30,34-37,40-41,43-46,50,55,86-88,92-93H,4-6,9,12-15,22-24,31-33,38-39,42,47-49,51-54,56-85H2,1-3H3,(H,97,98)(H,99,100)/b10-7-,11-8-,19-16-,20-17-,21-18-,28-25-,29-26-,30-27-,36-34-,37-35-,41-40-,45-43-,46-44-,55-50-.